The number of anilines is 1. The molecule has 0 saturated carbocycles. The Morgan fingerprint density at radius 1 is 0.972 bits per heavy atom. The monoisotopic (exact) mass is 487 g/mol. The Hall–Kier alpha value is -4.86. The molecule has 0 atom stereocenters. The second kappa shape index (κ2) is 9.06. The average Bonchev–Trinajstić information content (AvgIpc) is 3.16. The smallest absolute Gasteiger partial charge is 0.335 e. The zero-order valence-electron chi connectivity index (χ0n) is 20.2. The van der Waals surface area contributed by atoms with E-state index in [1.807, 2.05) is 17.8 Å². The summed E-state index contributed by atoms with van der Waals surface area (Å²) in [4.78, 5) is 48.5. The number of carbonyl (C=O) groups is 3. The number of aromatic carboxylic acids is 1. The minimum absolute atomic E-state index is 0.0512. The van der Waals surface area contributed by atoms with Crippen molar-refractivity contribution in [3.8, 4) is 22.3 Å². The van der Waals surface area contributed by atoms with Crippen LogP contribution in [0.3, 0.4) is 0 Å². The summed E-state index contributed by atoms with van der Waals surface area (Å²) in [6, 6.07) is 9.26. The number of nitrogens with one attached hydrogen (secondary N) is 2. The first-order chi connectivity index (χ1) is 17.0. The van der Waals surface area contributed by atoms with Crippen LogP contribution in [0.1, 0.15) is 26.3 Å². The second-order valence-corrected chi connectivity index (χ2v) is 8.48. The van der Waals surface area contributed by atoms with Crippen LogP contribution >= 0.6 is 0 Å². The minimum atomic E-state index is -1.05. The summed E-state index contributed by atoms with van der Waals surface area (Å²) in [5.41, 5.74) is 9.74. The van der Waals surface area contributed by atoms with E-state index in [-0.39, 0.29) is 11.3 Å². The third kappa shape index (κ3) is 4.09. The van der Waals surface area contributed by atoms with Crippen molar-refractivity contribution in [2.24, 2.45) is 19.8 Å². The number of hydrogen-bond donors (Lipinski definition) is 4. The van der Waals surface area contributed by atoms with Gasteiger partial charge in [0.2, 0.25) is 5.91 Å². The quantitative estimate of drug-likeness (QED) is 0.341. The van der Waals surface area contributed by atoms with Gasteiger partial charge >= 0.3 is 12.0 Å². The molecule has 0 saturated heterocycles. The first-order valence-electron chi connectivity index (χ1n) is 11.0. The predicted octanol–water partition coefficient (Wildman–Crippen LogP) is 3.07. The van der Waals surface area contributed by atoms with Crippen LogP contribution in [0.25, 0.3) is 33.2 Å². The molecule has 0 bridgehead atoms. The number of aromatic nitrogens is 2. The van der Waals surface area contributed by atoms with Gasteiger partial charge in [-0.25, -0.2) is 9.59 Å². The Bertz CT molecular complexity index is 1630. The molecular weight excluding hydrogens is 462 g/mol. The predicted molar refractivity (Wildman–Crippen MR) is 137 cm³/mol. The lowest BCUT2D eigenvalue weighted by atomic mass is 9.88. The number of hydrogen-bond acceptors (Lipinski definition) is 4. The van der Waals surface area contributed by atoms with Gasteiger partial charge in [-0.05, 0) is 53.9 Å². The molecular formula is C26H25N5O5. The number of benzene rings is 2. The molecule has 4 aromatic rings. The molecule has 0 unspecified atom stereocenters. The highest BCUT2D eigenvalue weighted by Gasteiger charge is 2.21. The van der Waals surface area contributed by atoms with Crippen molar-refractivity contribution in [1.82, 2.24) is 14.5 Å². The summed E-state index contributed by atoms with van der Waals surface area (Å²) in [6.07, 6.45) is 3.49. The Morgan fingerprint density at radius 2 is 1.69 bits per heavy atom. The van der Waals surface area contributed by atoms with E-state index in [1.54, 1.807) is 56.6 Å². The zero-order valence-corrected chi connectivity index (χ0v) is 20.2. The van der Waals surface area contributed by atoms with Crippen molar-refractivity contribution in [1.29, 1.82) is 0 Å². The summed E-state index contributed by atoms with van der Waals surface area (Å²) in [6.45, 7) is 1.75. The van der Waals surface area contributed by atoms with Crippen molar-refractivity contribution >= 4 is 34.5 Å². The summed E-state index contributed by atoms with van der Waals surface area (Å²) in [5.74, 6) is -1.66. The SMILES string of the molecule is CNC(=O)Nc1cc(-c2c(-c3cn(C)c4ccc(C(=O)O)cc34)ccc(C(N)=O)c2C)cn(C)c1=O. The molecule has 0 fully saturated rings. The van der Waals surface area contributed by atoms with Crippen LogP contribution in [0.4, 0.5) is 10.5 Å². The van der Waals surface area contributed by atoms with Crippen LogP contribution in [0.5, 0.6) is 0 Å². The fourth-order valence-electron chi connectivity index (χ4n) is 4.44. The van der Waals surface area contributed by atoms with Gasteiger partial charge < -0.3 is 30.6 Å². The molecule has 0 aliphatic heterocycles. The first kappa shape index (κ1) is 24.3. The molecule has 2 heterocycles. The Kier molecular flexibility index (Phi) is 6.11. The van der Waals surface area contributed by atoms with Crippen LogP contribution in [0, 0.1) is 6.92 Å². The molecule has 0 spiro atoms. The Labute approximate surface area is 206 Å². The van der Waals surface area contributed by atoms with Gasteiger partial charge in [0.15, 0.2) is 0 Å². The third-order valence-corrected chi connectivity index (χ3v) is 6.20. The molecule has 2 aromatic carbocycles. The maximum absolute atomic E-state index is 12.7. The van der Waals surface area contributed by atoms with Crippen molar-refractivity contribution in [2.45, 2.75) is 6.92 Å². The van der Waals surface area contributed by atoms with Gasteiger partial charge in [0.1, 0.15) is 5.69 Å². The highest BCUT2D eigenvalue weighted by molar-refractivity contribution is 6.06. The largest absolute Gasteiger partial charge is 0.478 e. The van der Waals surface area contributed by atoms with Gasteiger partial charge in [-0.15, -0.1) is 0 Å². The van der Waals surface area contributed by atoms with Gasteiger partial charge in [-0.3, -0.25) is 9.59 Å². The summed E-state index contributed by atoms with van der Waals surface area (Å²) in [7, 11) is 4.85. The highest BCUT2D eigenvalue weighted by atomic mass is 16.4. The van der Waals surface area contributed by atoms with E-state index in [4.69, 9.17) is 5.73 Å². The molecule has 36 heavy (non-hydrogen) atoms. The second-order valence-electron chi connectivity index (χ2n) is 8.48. The van der Waals surface area contributed by atoms with E-state index in [2.05, 4.69) is 10.6 Å². The highest BCUT2D eigenvalue weighted by Crippen LogP contribution is 2.40. The van der Waals surface area contributed by atoms with Gasteiger partial charge in [0.05, 0.1) is 5.56 Å². The van der Waals surface area contributed by atoms with E-state index < -0.39 is 23.5 Å². The number of aryl methyl sites for hydroxylation is 2. The maximum Gasteiger partial charge on any atom is 0.335 e. The third-order valence-electron chi connectivity index (χ3n) is 6.20. The minimum Gasteiger partial charge on any atom is -0.478 e. The fraction of sp³-hybridized carbons (Fsp3) is 0.154. The molecule has 184 valence electrons. The van der Waals surface area contributed by atoms with Crippen molar-refractivity contribution < 1.29 is 19.5 Å². The van der Waals surface area contributed by atoms with Crippen LogP contribution in [-0.2, 0) is 14.1 Å². The van der Waals surface area contributed by atoms with Gasteiger partial charge in [0.25, 0.3) is 5.56 Å². The number of pyridine rings is 1. The molecule has 0 aliphatic carbocycles. The van der Waals surface area contributed by atoms with Crippen LogP contribution < -0.4 is 21.9 Å². The number of carboxylic acid groups (broad SMARTS) is 1. The van der Waals surface area contributed by atoms with E-state index in [1.165, 1.54) is 11.6 Å². The van der Waals surface area contributed by atoms with E-state index >= 15 is 0 Å². The normalized spacial score (nSPS) is 10.9. The summed E-state index contributed by atoms with van der Waals surface area (Å²) < 4.78 is 3.23. The van der Waals surface area contributed by atoms with E-state index in [9.17, 15) is 24.3 Å². The molecule has 0 aliphatic rings. The number of nitrogens with two attached hydrogens (primary N) is 1. The first-order valence-corrected chi connectivity index (χ1v) is 11.0. The topological polar surface area (TPSA) is 148 Å². The fourth-order valence-corrected chi connectivity index (χ4v) is 4.44. The number of amides is 3. The van der Waals surface area contributed by atoms with Crippen molar-refractivity contribution in [2.75, 3.05) is 12.4 Å². The lowest BCUT2D eigenvalue weighted by Crippen LogP contribution is -2.29. The molecule has 10 heteroatoms. The molecule has 5 N–H and O–H groups in total. The van der Waals surface area contributed by atoms with E-state index in [0.29, 0.717) is 33.2 Å². The van der Waals surface area contributed by atoms with Crippen LogP contribution in [-0.4, -0.2) is 39.2 Å². The number of fused-ring (bicyclic) bond motifs is 1. The standard InChI is InChI=1S/C26H25N5O5/c1-13-16(23(27)32)6-7-17(19-12-30(3)21-8-5-14(25(34)35)9-18(19)21)22(13)15-10-20(29-26(36)28-2)24(33)31(4)11-15/h5-12H,1-4H3,(H2,27,32)(H,34,35)(H2,28,29,36). The van der Waals surface area contributed by atoms with Crippen molar-refractivity contribution in [3.63, 3.8) is 0 Å². The molecule has 3 amide bonds. The molecule has 0 radical (unpaired) electrons. The van der Waals surface area contributed by atoms with Gasteiger partial charge in [-0.2, -0.15) is 0 Å². The number of primary amides is 1. The summed E-state index contributed by atoms with van der Waals surface area (Å²) in [5, 5.41) is 15.2. The number of carboxylic acids is 1. The average molecular weight is 488 g/mol. The molecule has 2 aromatic heterocycles. The number of urea groups is 1. The van der Waals surface area contributed by atoms with Crippen molar-refractivity contribution in [3.05, 3.63) is 75.8 Å². The number of rotatable bonds is 5. The summed E-state index contributed by atoms with van der Waals surface area (Å²) >= 11 is 0. The van der Waals surface area contributed by atoms with E-state index in [0.717, 1.165) is 11.1 Å². The number of carbonyl (C=O) groups excluding carboxylic acids is 2. The zero-order chi connectivity index (χ0) is 26.3. The number of nitrogens with zero attached hydrogens (tertiary/aromatic N) is 2. The lowest BCUT2D eigenvalue weighted by Gasteiger charge is -2.17. The Morgan fingerprint density at radius 3 is 2.33 bits per heavy atom. The maximum atomic E-state index is 12.7. The van der Waals surface area contributed by atoms with Gasteiger partial charge in [-0.1, -0.05) is 6.07 Å². The Balaban J connectivity index is 2.08. The van der Waals surface area contributed by atoms with Crippen LogP contribution in [0.2, 0.25) is 0 Å². The molecule has 10 nitrogen and oxygen atoms in total. The van der Waals surface area contributed by atoms with Crippen LogP contribution in [0.15, 0.2) is 53.6 Å². The molecule has 4 rings (SSSR count). The lowest BCUT2D eigenvalue weighted by molar-refractivity contribution is 0.0696. The van der Waals surface area contributed by atoms with Gasteiger partial charge in [0, 0.05) is 61.1 Å².